The largest absolute Gasteiger partial charge is 0.508 e. The van der Waals surface area contributed by atoms with Gasteiger partial charge in [-0.15, -0.1) is 0 Å². The number of piperazine rings is 1. The predicted octanol–water partition coefficient (Wildman–Crippen LogP) is 18.6. The number of phenols is 4. The molecule has 4 spiro atoms. The van der Waals surface area contributed by atoms with Gasteiger partial charge in [-0.1, -0.05) is 212 Å². The van der Waals surface area contributed by atoms with Crippen LogP contribution in [0.3, 0.4) is 0 Å². The summed E-state index contributed by atoms with van der Waals surface area (Å²) in [5, 5.41) is 60.2. The van der Waals surface area contributed by atoms with Crippen molar-refractivity contribution in [1.82, 2.24) is 40.0 Å². The maximum Gasteiger partial charge on any atom is 0.269 e. The summed E-state index contributed by atoms with van der Waals surface area (Å²) in [4.78, 5) is 60.6. The highest BCUT2D eigenvalue weighted by atomic mass is 35.5. The van der Waals surface area contributed by atoms with Crippen LogP contribution in [0.5, 0.6) is 46.0 Å². The molecule has 1 saturated heterocycles. The third-order valence-electron chi connectivity index (χ3n) is 24.4. The van der Waals surface area contributed by atoms with Crippen molar-refractivity contribution in [3.8, 4) is 46.0 Å². The lowest BCUT2D eigenvalue weighted by atomic mass is 9.92. The lowest BCUT2D eigenvalue weighted by Crippen LogP contribution is -2.58. The first kappa shape index (κ1) is 93.1. The number of rotatable bonds is 25. The van der Waals surface area contributed by atoms with Crippen molar-refractivity contribution in [2.24, 2.45) is 23.7 Å². The summed E-state index contributed by atoms with van der Waals surface area (Å²) >= 11 is 51.2. The second-order valence-corrected chi connectivity index (χ2v) is 36.7. The van der Waals surface area contributed by atoms with Gasteiger partial charge in [-0.3, -0.25) is 43.7 Å². The average molecular weight is 1800 g/mol. The number of nitrogens with one attached hydrogen (secondary N) is 2. The number of hydrogen-bond donors (Lipinski definition) is 7. The van der Waals surface area contributed by atoms with Crippen LogP contribution in [0.15, 0.2) is 113 Å². The summed E-state index contributed by atoms with van der Waals surface area (Å²) in [5.41, 5.74) is 1.41. The number of amides is 4. The number of aliphatic hydroxyl groups excluding tert-OH is 1. The van der Waals surface area contributed by atoms with E-state index in [1.54, 1.807) is 69.7 Å². The summed E-state index contributed by atoms with van der Waals surface area (Å²) in [7, 11) is 8.52. The van der Waals surface area contributed by atoms with Gasteiger partial charge in [-0.2, -0.15) is 0 Å². The summed E-state index contributed by atoms with van der Waals surface area (Å²) < 4.78 is 38.9. The minimum Gasteiger partial charge on any atom is -0.508 e. The Labute approximate surface area is 738 Å². The molecule has 14 rings (SSSR count). The number of fused-ring (bicyclic) bond motifs is 4. The first-order chi connectivity index (χ1) is 56.3. The molecular formula is C89H111Cl8FN8O13. The molecular weight excluding hydrogens is 1690 g/mol. The van der Waals surface area contributed by atoms with Crippen molar-refractivity contribution in [2.75, 3.05) is 68.0 Å². The topological polar surface area (TPSA) is 250 Å². The van der Waals surface area contributed by atoms with Crippen molar-refractivity contribution in [2.45, 2.75) is 212 Å². The van der Waals surface area contributed by atoms with Crippen molar-refractivity contribution in [3.05, 3.63) is 169 Å². The molecule has 21 nitrogen and oxygen atoms in total. The monoisotopic (exact) mass is 1800 g/mol. The fourth-order valence-corrected chi connectivity index (χ4v) is 19.6. The zero-order valence-electron chi connectivity index (χ0n) is 70.0. The van der Waals surface area contributed by atoms with Crippen molar-refractivity contribution in [3.63, 3.8) is 0 Å². The highest BCUT2D eigenvalue weighted by Crippen LogP contribution is 2.62. The van der Waals surface area contributed by atoms with Gasteiger partial charge < -0.3 is 60.0 Å². The molecule has 9 atom stereocenters. The third kappa shape index (κ3) is 17.3. The number of nitrogens with zero attached hydrogens (tertiary/aromatic N) is 6. The molecule has 9 unspecified atom stereocenters. The second-order valence-electron chi connectivity index (χ2n) is 33.7. The van der Waals surface area contributed by atoms with Crippen molar-refractivity contribution < 1.29 is 68.0 Å². The fraction of sp³-hybridized carbons (Fsp3) is 0.528. The maximum atomic E-state index is 13.3. The van der Waals surface area contributed by atoms with E-state index in [4.69, 9.17) is 112 Å². The van der Waals surface area contributed by atoms with Gasteiger partial charge in [0.25, 0.3) is 29.4 Å². The molecule has 9 aliphatic heterocycles. The number of likely N-dealkylation sites (N-methyl/N-ethyl adjacent to an activating group) is 5. The average Bonchev–Trinajstić information content (AvgIpc) is 1.60. The Bertz CT molecular complexity index is 4790. The van der Waals surface area contributed by atoms with Gasteiger partial charge in [0.1, 0.15) is 116 Å². The van der Waals surface area contributed by atoms with Crippen LogP contribution in [0.2, 0.25) is 0 Å². The van der Waals surface area contributed by atoms with Crippen LogP contribution in [0.25, 0.3) is 0 Å². The fourth-order valence-electron chi connectivity index (χ4n) is 17.2. The minimum absolute atomic E-state index is 0.00156. The van der Waals surface area contributed by atoms with Gasteiger partial charge in [0, 0.05) is 105 Å². The van der Waals surface area contributed by atoms with Gasteiger partial charge >= 0.3 is 0 Å². The summed E-state index contributed by atoms with van der Waals surface area (Å²) in [6.45, 7) is 24.0. The van der Waals surface area contributed by atoms with E-state index >= 15 is 0 Å². The molecule has 7 N–H and O–H groups in total. The second kappa shape index (κ2) is 38.2. The lowest BCUT2D eigenvalue weighted by molar-refractivity contribution is -0.145. The van der Waals surface area contributed by atoms with Gasteiger partial charge in [0.05, 0.1) is 0 Å². The Morgan fingerprint density at radius 2 is 0.798 bits per heavy atom. The SMILES string of the molecule is CC(C)CCCc1c(O)ccc2c1OC1(C(Cl)=C(Cl)C(=O)N1C)C2N1CCN(C)CC1.CC(C)CCCc1c(O)ccc2c1OC1(C(Cl)=C(Cl)C(=O)N1C)C2NCc1ccc(F)cc1.CCC(C)CCCc1c(O)ccc2c1OC1(C(Cl)=C(Cl)C(=O)N1C)C2O.CCCCCCc1c(O)ccc2c1OC1(C(Cl)=C(Cl)C(=O)N1C)C2NCC(C)C. The number of ether oxygens (including phenoxy) is 4. The molecule has 1 fully saturated rings. The molecule has 119 heavy (non-hydrogen) atoms. The number of phenolic OH excluding ortho intramolecular Hbond substituents is 4. The molecule has 0 bridgehead atoms. The first-order valence-electron chi connectivity index (χ1n) is 41.2. The van der Waals surface area contributed by atoms with Crippen LogP contribution in [0.4, 0.5) is 4.39 Å². The van der Waals surface area contributed by atoms with Crippen LogP contribution >= 0.6 is 92.8 Å². The first-order valence-corrected chi connectivity index (χ1v) is 44.2. The zero-order chi connectivity index (χ0) is 87.0. The molecule has 0 aromatic heterocycles. The molecule has 5 aromatic rings. The number of benzene rings is 5. The Balaban J connectivity index is 0.000000156. The lowest BCUT2D eigenvalue weighted by Gasteiger charge is -2.44. The number of unbranched alkanes of at least 4 members (excludes halogenated alkanes) is 3. The van der Waals surface area contributed by atoms with E-state index < -0.39 is 46.9 Å². The third-order valence-corrected chi connectivity index (χ3v) is 28.0. The molecule has 0 saturated carbocycles. The van der Waals surface area contributed by atoms with E-state index in [-0.39, 0.29) is 93.0 Å². The summed E-state index contributed by atoms with van der Waals surface area (Å²) in [5.74, 6) is 2.95. The minimum atomic E-state index is -1.57. The quantitative estimate of drug-likeness (QED) is 0.0268. The molecule has 0 radical (unpaired) electrons. The highest BCUT2D eigenvalue weighted by molar-refractivity contribution is 6.52. The Hall–Kier alpha value is -6.61. The van der Waals surface area contributed by atoms with Crippen LogP contribution in [-0.4, -0.2) is 169 Å². The number of halogens is 9. The van der Waals surface area contributed by atoms with Gasteiger partial charge in [-0.05, 0) is 155 Å². The molecule has 5 aromatic carbocycles. The number of carbonyl (C=O) groups excluding carboxylic acids is 4. The van der Waals surface area contributed by atoms with E-state index in [2.05, 4.69) is 89.8 Å². The molecule has 4 amide bonds. The van der Waals surface area contributed by atoms with E-state index in [1.807, 2.05) is 12.1 Å². The number of hydrogen-bond acceptors (Lipinski definition) is 17. The van der Waals surface area contributed by atoms with Crippen LogP contribution in [-0.2, 0) is 51.4 Å². The van der Waals surface area contributed by atoms with Crippen molar-refractivity contribution >= 4 is 116 Å². The van der Waals surface area contributed by atoms with E-state index in [9.17, 15) is 49.1 Å². The Kier molecular flexibility index (Phi) is 29.9. The van der Waals surface area contributed by atoms with Crippen LogP contribution in [0.1, 0.15) is 207 Å². The van der Waals surface area contributed by atoms with Crippen LogP contribution < -0.4 is 29.6 Å². The van der Waals surface area contributed by atoms with Crippen molar-refractivity contribution in [1.29, 1.82) is 0 Å². The molecule has 648 valence electrons. The standard InChI is InChI=1S/C25H27Cl2FN2O3.C23H31Cl2N3O3.C22H30Cl2N2O3.C19H23Cl2NO4/c1-14(2)5-4-6-17-19(31)12-11-18-21(17)33-25(22(27)20(26)24(32)30(25)3)23(18)29-13-15-7-9-16(28)10-8-15;1-14(2)6-5-7-15-17(29)9-8-16-19(15)31-23(20(25)18(24)22(30)27(23)4)21(16)28-12-10-26(3)11-13-28;1-5-6-7-8-9-14-16(27)11-10-15-18(14)29-22(20(15)25-12-13(2)3)19(24)17(23)21(28)26(22)4;1-4-10(2)6-5-7-11-13(23)9-8-12-15(11)26-19(17(12)24)16(21)14(20)18(25)22(19)3/h7-12,14,23,29,31H,4-6,13H2,1-3H3;8-9,14,21,29H,5-7,10-13H2,1-4H3;10-11,13,20,25,27H,5-9,12H2,1-4H3;8-10,17,23-24H,4-7H2,1-3H3. The van der Waals surface area contributed by atoms with E-state index in [0.29, 0.717) is 102 Å². The van der Waals surface area contributed by atoms with Gasteiger partial charge in [0.2, 0.25) is 17.2 Å². The summed E-state index contributed by atoms with van der Waals surface area (Å²) in [6.07, 6.45) is 12.7. The van der Waals surface area contributed by atoms with E-state index in [1.165, 1.54) is 38.8 Å². The number of carbonyl (C=O) groups is 4. The van der Waals surface area contributed by atoms with Crippen LogP contribution in [0, 0.1) is 29.5 Å². The zero-order valence-corrected chi connectivity index (χ0v) is 76.0. The Morgan fingerprint density at radius 1 is 0.437 bits per heavy atom. The molecule has 9 aliphatic rings. The highest BCUT2D eigenvalue weighted by Gasteiger charge is 2.66. The van der Waals surface area contributed by atoms with Gasteiger partial charge in [-0.25, -0.2) is 4.39 Å². The molecule has 30 heteroatoms. The number of aliphatic hydroxyl groups is 1. The van der Waals surface area contributed by atoms with Gasteiger partial charge in [0.15, 0.2) is 0 Å². The normalized spacial score (nSPS) is 24.5. The predicted molar refractivity (Wildman–Crippen MR) is 466 cm³/mol. The summed E-state index contributed by atoms with van der Waals surface area (Å²) in [6, 6.07) is 18.7. The molecule has 9 heterocycles. The smallest absolute Gasteiger partial charge is 0.269 e. The molecule has 0 aliphatic carbocycles. The number of aromatic hydroxyl groups is 4. The van der Waals surface area contributed by atoms with E-state index in [0.717, 1.165) is 130 Å². The Morgan fingerprint density at radius 3 is 1.20 bits per heavy atom. The maximum absolute atomic E-state index is 13.3.